The quantitative estimate of drug-likeness (QED) is 0.665. The summed E-state index contributed by atoms with van der Waals surface area (Å²) < 4.78 is 26.4. The molecule has 4 heterocycles. The predicted octanol–water partition coefficient (Wildman–Crippen LogP) is 1.98. The molecule has 0 aliphatic carbocycles. The second-order valence-corrected chi connectivity index (χ2v) is 10.8. The summed E-state index contributed by atoms with van der Waals surface area (Å²) in [6, 6.07) is 1.70. The van der Waals surface area contributed by atoms with Gasteiger partial charge in [-0.05, 0) is 42.3 Å². The zero-order valence-electron chi connectivity index (χ0n) is 16.5. The summed E-state index contributed by atoms with van der Waals surface area (Å²) in [5.74, 6) is 0.382. The van der Waals surface area contributed by atoms with Crippen LogP contribution in [0.4, 0.5) is 5.69 Å². The van der Waals surface area contributed by atoms with Crippen LogP contribution in [0.3, 0.4) is 0 Å². The van der Waals surface area contributed by atoms with Crippen LogP contribution in [0, 0.1) is 13.8 Å². The Bertz CT molecular complexity index is 1040. The summed E-state index contributed by atoms with van der Waals surface area (Å²) in [7, 11) is -2.96. The van der Waals surface area contributed by atoms with Crippen LogP contribution in [-0.2, 0) is 9.84 Å². The highest BCUT2D eigenvalue weighted by Gasteiger charge is 2.33. The van der Waals surface area contributed by atoms with Gasteiger partial charge in [-0.3, -0.25) is 14.5 Å². The van der Waals surface area contributed by atoms with E-state index in [9.17, 15) is 13.2 Å². The summed E-state index contributed by atoms with van der Waals surface area (Å²) in [6.07, 6.45) is 3.87. The van der Waals surface area contributed by atoms with E-state index in [0.29, 0.717) is 38.2 Å². The average molecular weight is 482 g/mol. The number of carbonyl (C=O) groups is 1. The van der Waals surface area contributed by atoms with Crippen LogP contribution >= 0.6 is 15.9 Å². The van der Waals surface area contributed by atoms with Gasteiger partial charge in [-0.1, -0.05) is 0 Å². The molecule has 2 saturated heterocycles. The van der Waals surface area contributed by atoms with E-state index < -0.39 is 9.84 Å². The van der Waals surface area contributed by atoms with Gasteiger partial charge in [0.25, 0.3) is 5.91 Å². The molecule has 156 valence electrons. The lowest BCUT2D eigenvalue weighted by Gasteiger charge is -2.36. The Labute approximate surface area is 178 Å². The van der Waals surface area contributed by atoms with Gasteiger partial charge in [0.05, 0.1) is 40.2 Å². The molecule has 4 rings (SSSR count). The molecule has 0 bridgehead atoms. The van der Waals surface area contributed by atoms with Crippen molar-refractivity contribution in [1.82, 2.24) is 19.7 Å². The largest absolute Gasteiger partial charge is 0.365 e. The maximum Gasteiger partial charge on any atom is 0.255 e. The monoisotopic (exact) mass is 481 g/mol. The lowest BCUT2D eigenvalue weighted by atomic mass is 10.2. The van der Waals surface area contributed by atoms with E-state index in [1.54, 1.807) is 18.5 Å². The first kappa shape index (κ1) is 20.3. The number of nitrogens with zero attached hydrogens (tertiary/aromatic N) is 5. The Balaban J connectivity index is 1.47. The van der Waals surface area contributed by atoms with Crippen molar-refractivity contribution in [1.29, 1.82) is 0 Å². The maximum absolute atomic E-state index is 12.7. The van der Waals surface area contributed by atoms with Gasteiger partial charge in [0.15, 0.2) is 9.84 Å². The molecule has 8 nitrogen and oxygen atoms in total. The zero-order chi connectivity index (χ0) is 20.8. The van der Waals surface area contributed by atoms with Crippen LogP contribution in [0.15, 0.2) is 22.9 Å². The van der Waals surface area contributed by atoms with Crippen molar-refractivity contribution in [3.63, 3.8) is 0 Å². The van der Waals surface area contributed by atoms with Gasteiger partial charge in [0, 0.05) is 43.0 Å². The molecule has 0 saturated carbocycles. The van der Waals surface area contributed by atoms with E-state index in [4.69, 9.17) is 0 Å². The van der Waals surface area contributed by atoms with Crippen molar-refractivity contribution in [2.45, 2.75) is 26.3 Å². The molecule has 2 aliphatic rings. The minimum absolute atomic E-state index is 0.0150. The predicted molar refractivity (Wildman–Crippen MR) is 114 cm³/mol. The second kappa shape index (κ2) is 7.71. The fraction of sp³-hybridized carbons (Fsp3) is 0.526. The molecule has 2 fully saturated rings. The molecule has 0 N–H and O–H groups in total. The highest BCUT2D eigenvalue weighted by atomic mass is 79.9. The van der Waals surface area contributed by atoms with E-state index in [-0.39, 0.29) is 23.5 Å². The molecule has 0 aromatic carbocycles. The Morgan fingerprint density at radius 1 is 1.17 bits per heavy atom. The normalized spacial score (nSPS) is 21.6. The van der Waals surface area contributed by atoms with Crippen LogP contribution in [0.25, 0.3) is 0 Å². The first-order valence-corrected chi connectivity index (χ1v) is 12.3. The van der Waals surface area contributed by atoms with Gasteiger partial charge in [-0.2, -0.15) is 5.10 Å². The molecule has 0 radical (unpaired) electrons. The number of halogens is 1. The maximum atomic E-state index is 12.7. The Morgan fingerprint density at radius 2 is 1.90 bits per heavy atom. The lowest BCUT2D eigenvalue weighted by Crippen LogP contribution is -2.49. The topological polar surface area (TPSA) is 88.4 Å². The summed E-state index contributed by atoms with van der Waals surface area (Å²) in [4.78, 5) is 20.9. The summed E-state index contributed by atoms with van der Waals surface area (Å²) in [5.41, 5.74) is 3.55. The van der Waals surface area contributed by atoms with E-state index in [2.05, 4.69) is 30.9 Å². The van der Waals surface area contributed by atoms with Crippen LogP contribution in [0.2, 0.25) is 0 Å². The van der Waals surface area contributed by atoms with Crippen molar-refractivity contribution < 1.29 is 13.2 Å². The summed E-state index contributed by atoms with van der Waals surface area (Å²) in [6.45, 7) is 6.63. The third kappa shape index (κ3) is 4.05. The Morgan fingerprint density at radius 3 is 2.52 bits per heavy atom. The highest BCUT2D eigenvalue weighted by molar-refractivity contribution is 9.10. The van der Waals surface area contributed by atoms with Gasteiger partial charge in [0.2, 0.25) is 0 Å². The van der Waals surface area contributed by atoms with E-state index in [1.807, 2.05) is 23.4 Å². The minimum atomic E-state index is -2.96. The van der Waals surface area contributed by atoms with E-state index >= 15 is 0 Å². The molecular formula is C19H24BrN5O3S. The Hall–Kier alpha value is -1.94. The summed E-state index contributed by atoms with van der Waals surface area (Å²) in [5, 5.41) is 4.66. The first-order chi connectivity index (χ1) is 13.7. The van der Waals surface area contributed by atoms with E-state index in [1.165, 1.54) is 0 Å². The number of pyridine rings is 1. The number of hydrogen-bond donors (Lipinski definition) is 0. The number of rotatable bonds is 3. The van der Waals surface area contributed by atoms with Crippen LogP contribution in [0.5, 0.6) is 0 Å². The molecule has 2 aromatic heterocycles. The molecule has 10 heteroatoms. The summed E-state index contributed by atoms with van der Waals surface area (Å²) >= 11 is 3.36. The van der Waals surface area contributed by atoms with E-state index in [0.717, 1.165) is 21.5 Å². The highest BCUT2D eigenvalue weighted by Crippen LogP contribution is 2.31. The number of piperazine rings is 1. The number of aromatic nitrogens is 3. The molecule has 0 spiro atoms. The third-order valence-electron chi connectivity index (χ3n) is 5.68. The minimum Gasteiger partial charge on any atom is -0.365 e. The van der Waals surface area contributed by atoms with Crippen LogP contribution < -0.4 is 4.90 Å². The molecule has 2 aromatic rings. The molecule has 1 atom stereocenters. The van der Waals surface area contributed by atoms with Crippen molar-refractivity contribution in [3.05, 3.63) is 39.9 Å². The fourth-order valence-corrected chi connectivity index (χ4v) is 6.34. The van der Waals surface area contributed by atoms with Gasteiger partial charge < -0.3 is 9.80 Å². The number of aryl methyl sites for hydroxylation is 1. The zero-order valence-corrected chi connectivity index (χ0v) is 18.9. The van der Waals surface area contributed by atoms with Gasteiger partial charge >= 0.3 is 0 Å². The molecule has 29 heavy (non-hydrogen) atoms. The van der Waals surface area contributed by atoms with Crippen molar-refractivity contribution >= 4 is 37.4 Å². The number of sulfone groups is 1. The molecule has 1 unspecified atom stereocenters. The molecule has 2 aliphatic heterocycles. The fourth-order valence-electron chi connectivity index (χ4n) is 4.28. The number of amides is 1. The van der Waals surface area contributed by atoms with Gasteiger partial charge in [0.1, 0.15) is 0 Å². The molecule has 1 amide bonds. The number of carbonyl (C=O) groups excluding carboxylic acids is 1. The molecular weight excluding hydrogens is 458 g/mol. The van der Waals surface area contributed by atoms with Crippen LogP contribution in [0.1, 0.15) is 34.2 Å². The number of hydrogen-bond acceptors (Lipinski definition) is 6. The third-order valence-corrected chi connectivity index (χ3v) is 7.86. The standard InChI is InChI=1S/C19H24BrN5O3S/c1-13-18(14(2)25(22-13)17-3-8-29(27,28)12-17)23-4-6-24(7-5-23)19(26)15-9-16(20)11-21-10-15/h9-11,17H,3-8,12H2,1-2H3. The van der Waals surface area contributed by atoms with Crippen molar-refractivity contribution in [3.8, 4) is 0 Å². The first-order valence-electron chi connectivity index (χ1n) is 9.66. The van der Waals surface area contributed by atoms with Gasteiger partial charge in [-0.25, -0.2) is 8.42 Å². The average Bonchev–Trinajstić information content (AvgIpc) is 3.19. The lowest BCUT2D eigenvalue weighted by molar-refractivity contribution is 0.0746. The van der Waals surface area contributed by atoms with Crippen molar-refractivity contribution in [2.75, 3.05) is 42.6 Å². The Kier molecular flexibility index (Phi) is 5.41. The SMILES string of the molecule is Cc1nn(C2CCS(=O)(=O)C2)c(C)c1N1CCN(C(=O)c2cncc(Br)c2)CC1. The van der Waals surface area contributed by atoms with Crippen molar-refractivity contribution in [2.24, 2.45) is 0 Å². The smallest absolute Gasteiger partial charge is 0.255 e. The second-order valence-electron chi connectivity index (χ2n) is 7.69. The van der Waals surface area contributed by atoms with Crippen LogP contribution in [-0.4, -0.2) is 71.7 Å². The van der Waals surface area contributed by atoms with Gasteiger partial charge in [-0.15, -0.1) is 0 Å². The number of anilines is 1.